The highest BCUT2D eigenvalue weighted by atomic mass is 32.2. The average Bonchev–Trinajstić information content (AvgIpc) is 2.62. The van der Waals surface area contributed by atoms with E-state index in [1.807, 2.05) is 7.05 Å². The lowest BCUT2D eigenvalue weighted by Crippen LogP contribution is -2.31. The Morgan fingerprint density at radius 3 is 2.62 bits per heavy atom. The van der Waals surface area contributed by atoms with Gasteiger partial charge in [0.25, 0.3) is 0 Å². The van der Waals surface area contributed by atoms with Crippen molar-refractivity contribution in [1.82, 2.24) is 10.2 Å². The summed E-state index contributed by atoms with van der Waals surface area (Å²) >= 11 is 0. The predicted molar refractivity (Wildman–Crippen MR) is 82.5 cm³/mol. The third kappa shape index (κ3) is 5.05. The first-order valence-corrected chi connectivity index (χ1v) is 9.18. The zero-order valence-electron chi connectivity index (χ0n) is 12.4. The zero-order chi connectivity index (χ0) is 15.3. The third-order valence-corrected chi connectivity index (χ3v) is 5.72. The van der Waals surface area contributed by atoms with E-state index in [4.69, 9.17) is 0 Å². The normalized spacial score (nSPS) is 20.9. The van der Waals surface area contributed by atoms with Gasteiger partial charge < -0.3 is 10.2 Å². The highest BCUT2D eigenvalue weighted by Crippen LogP contribution is 2.18. The van der Waals surface area contributed by atoms with Crippen molar-refractivity contribution >= 4 is 9.84 Å². The first-order valence-electron chi connectivity index (χ1n) is 7.36. The number of nitrogens with zero attached hydrogens (tertiary/aromatic N) is 1. The molecule has 0 aromatic heterocycles. The first-order chi connectivity index (χ1) is 10.00. The van der Waals surface area contributed by atoms with E-state index >= 15 is 0 Å². The number of rotatable bonds is 5. The number of halogens is 1. The molecule has 0 amide bonds. The Morgan fingerprint density at radius 1 is 1.24 bits per heavy atom. The van der Waals surface area contributed by atoms with Crippen LogP contribution in [-0.4, -0.2) is 51.5 Å². The number of hydrogen-bond donors (Lipinski definition) is 1. The van der Waals surface area contributed by atoms with Gasteiger partial charge in [0, 0.05) is 12.6 Å². The van der Waals surface area contributed by atoms with Gasteiger partial charge in [0.1, 0.15) is 5.82 Å². The molecular weight excluding hydrogens is 291 g/mol. The van der Waals surface area contributed by atoms with Crippen LogP contribution in [0.1, 0.15) is 24.4 Å². The van der Waals surface area contributed by atoms with Crippen molar-refractivity contribution in [1.29, 1.82) is 0 Å². The van der Waals surface area contributed by atoms with Crippen molar-refractivity contribution in [3.8, 4) is 0 Å². The van der Waals surface area contributed by atoms with Gasteiger partial charge in [-0.2, -0.15) is 0 Å². The minimum atomic E-state index is -2.85. The molecule has 0 bridgehead atoms. The molecule has 6 heteroatoms. The monoisotopic (exact) mass is 314 g/mol. The van der Waals surface area contributed by atoms with Crippen LogP contribution >= 0.6 is 0 Å². The van der Waals surface area contributed by atoms with Gasteiger partial charge in [-0.3, -0.25) is 0 Å². The molecule has 1 aromatic carbocycles. The molecule has 0 radical (unpaired) electrons. The summed E-state index contributed by atoms with van der Waals surface area (Å²) in [6.07, 6.45) is 1.59. The SMILES string of the molecule is CNC(CCN1CCCS(=O)(=O)CC1)c1ccc(F)cc1. The van der Waals surface area contributed by atoms with E-state index in [1.54, 1.807) is 12.1 Å². The summed E-state index contributed by atoms with van der Waals surface area (Å²) in [6, 6.07) is 6.69. The second-order valence-corrected chi connectivity index (χ2v) is 7.83. The molecule has 1 saturated heterocycles. The first kappa shape index (κ1) is 16.4. The largest absolute Gasteiger partial charge is 0.313 e. The minimum absolute atomic E-state index is 0.158. The van der Waals surface area contributed by atoms with Gasteiger partial charge in [0.05, 0.1) is 11.5 Å². The molecule has 1 unspecified atom stereocenters. The molecule has 1 aliphatic rings. The van der Waals surface area contributed by atoms with Gasteiger partial charge in [-0.05, 0) is 50.7 Å². The Hall–Kier alpha value is -0.980. The van der Waals surface area contributed by atoms with Crippen LogP contribution in [0, 0.1) is 5.82 Å². The third-order valence-electron chi connectivity index (χ3n) is 4.00. The van der Waals surface area contributed by atoms with Gasteiger partial charge in [-0.1, -0.05) is 12.1 Å². The summed E-state index contributed by atoms with van der Waals surface area (Å²) in [5, 5.41) is 3.24. The summed E-state index contributed by atoms with van der Waals surface area (Å²) in [5.74, 6) is 0.330. The van der Waals surface area contributed by atoms with Crippen LogP contribution < -0.4 is 5.32 Å². The van der Waals surface area contributed by atoms with Crippen LogP contribution in [0.5, 0.6) is 0 Å². The molecule has 0 spiro atoms. The van der Waals surface area contributed by atoms with Crippen LogP contribution in [0.3, 0.4) is 0 Å². The molecule has 1 atom stereocenters. The van der Waals surface area contributed by atoms with Crippen LogP contribution in [0.2, 0.25) is 0 Å². The van der Waals surface area contributed by atoms with Crippen molar-refractivity contribution in [3.63, 3.8) is 0 Å². The fraction of sp³-hybridized carbons (Fsp3) is 0.600. The van der Waals surface area contributed by atoms with E-state index in [1.165, 1.54) is 12.1 Å². The lowest BCUT2D eigenvalue weighted by molar-refractivity contribution is 0.277. The Kier molecular flexibility index (Phi) is 5.72. The van der Waals surface area contributed by atoms with E-state index in [-0.39, 0.29) is 17.6 Å². The van der Waals surface area contributed by atoms with Crippen molar-refractivity contribution < 1.29 is 12.8 Å². The zero-order valence-corrected chi connectivity index (χ0v) is 13.2. The quantitative estimate of drug-likeness (QED) is 0.897. The molecule has 1 aliphatic heterocycles. The lowest BCUT2D eigenvalue weighted by Gasteiger charge is -2.23. The summed E-state index contributed by atoms with van der Waals surface area (Å²) in [4.78, 5) is 2.21. The Morgan fingerprint density at radius 2 is 1.95 bits per heavy atom. The Labute approximate surface area is 126 Å². The second kappa shape index (κ2) is 7.33. The van der Waals surface area contributed by atoms with Crippen molar-refractivity contribution in [2.24, 2.45) is 0 Å². The minimum Gasteiger partial charge on any atom is -0.313 e. The average molecular weight is 314 g/mol. The maximum atomic E-state index is 13.0. The van der Waals surface area contributed by atoms with E-state index < -0.39 is 9.84 Å². The molecule has 1 aromatic rings. The number of sulfone groups is 1. The molecule has 1 N–H and O–H groups in total. The number of nitrogens with one attached hydrogen (secondary N) is 1. The van der Waals surface area contributed by atoms with E-state index in [0.29, 0.717) is 18.7 Å². The summed E-state index contributed by atoms with van der Waals surface area (Å²) in [5.41, 5.74) is 1.06. The number of hydrogen-bond acceptors (Lipinski definition) is 4. The second-order valence-electron chi connectivity index (χ2n) is 5.53. The molecule has 118 valence electrons. The van der Waals surface area contributed by atoms with Crippen molar-refractivity contribution in [3.05, 3.63) is 35.6 Å². The van der Waals surface area contributed by atoms with E-state index in [0.717, 1.165) is 25.1 Å². The van der Waals surface area contributed by atoms with E-state index in [2.05, 4.69) is 10.2 Å². The Bertz CT molecular complexity index is 545. The smallest absolute Gasteiger partial charge is 0.151 e. The van der Waals surface area contributed by atoms with Crippen LogP contribution in [-0.2, 0) is 9.84 Å². The molecule has 0 aliphatic carbocycles. The molecule has 21 heavy (non-hydrogen) atoms. The molecule has 1 heterocycles. The fourth-order valence-corrected chi connectivity index (χ4v) is 4.01. The van der Waals surface area contributed by atoms with Crippen LogP contribution in [0.4, 0.5) is 4.39 Å². The van der Waals surface area contributed by atoms with Gasteiger partial charge in [-0.15, -0.1) is 0 Å². The molecule has 1 fully saturated rings. The van der Waals surface area contributed by atoms with E-state index in [9.17, 15) is 12.8 Å². The highest BCUT2D eigenvalue weighted by Gasteiger charge is 2.20. The maximum Gasteiger partial charge on any atom is 0.151 e. The fourth-order valence-electron chi connectivity index (χ4n) is 2.70. The highest BCUT2D eigenvalue weighted by molar-refractivity contribution is 7.91. The van der Waals surface area contributed by atoms with Gasteiger partial charge in [0.2, 0.25) is 0 Å². The molecule has 2 rings (SSSR count). The van der Waals surface area contributed by atoms with Gasteiger partial charge >= 0.3 is 0 Å². The summed E-state index contributed by atoms with van der Waals surface area (Å²) in [6.45, 7) is 2.29. The predicted octanol–water partition coefficient (Wildman–Crippen LogP) is 1.60. The van der Waals surface area contributed by atoms with Crippen molar-refractivity contribution in [2.75, 3.05) is 38.2 Å². The molecule has 4 nitrogen and oxygen atoms in total. The lowest BCUT2D eigenvalue weighted by atomic mass is 10.0. The summed E-state index contributed by atoms with van der Waals surface area (Å²) in [7, 11) is -0.962. The molecule has 0 saturated carbocycles. The van der Waals surface area contributed by atoms with Gasteiger partial charge in [-0.25, -0.2) is 12.8 Å². The van der Waals surface area contributed by atoms with Gasteiger partial charge in [0.15, 0.2) is 9.84 Å². The van der Waals surface area contributed by atoms with Crippen LogP contribution in [0.15, 0.2) is 24.3 Å². The maximum absolute atomic E-state index is 13.0. The number of benzene rings is 1. The topological polar surface area (TPSA) is 49.4 Å². The molecular formula is C15H23FN2O2S. The standard InChI is InChI=1S/C15H23FN2O2S/c1-17-15(13-3-5-14(16)6-4-13)7-9-18-8-2-11-21(19,20)12-10-18/h3-6,15,17H,2,7-12H2,1H3. The van der Waals surface area contributed by atoms with Crippen molar-refractivity contribution in [2.45, 2.75) is 18.9 Å². The Balaban J connectivity index is 1.89. The van der Waals surface area contributed by atoms with Crippen LogP contribution in [0.25, 0.3) is 0 Å². The summed E-state index contributed by atoms with van der Waals surface area (Å²) < 4.78 is 36.1.